The molecular formula is C18H21F3N4O. The highest BCUT2D eigenvalue weighted by Crippen LogP contribution is 2.36. The van der Waals surface area contributed by atoms with Gasteiger partial charge in [-0.2, -0.15) is 13.2 Å². The molecule has 8 heteroatoms. The number of likely N-dealkylation sites (tertiary alicyclic amines) is 1. The van der Waals surface area contributed by atoms with Gasteiger partial charge in [0, 0.05) is 18.2 Å². The molecule has 2 N–H and O–H groups in total. The third-order valence-electron chi connectivity index (χ3n) is 4.54. The standard InChI is InChI=1S/C18H21F3N4O/c1-11-8-16(22-13-4-3-7-25(2)10-13)23-24-17(11)14-6-5-12(9-15(14)26)18(19,20)21/h5-6,8-9,13,26H,3-4,7,10H2,1-2H3,(H,22,23)/t13-/m0/s1. The molecule has 140 valence electrons. The lowest BCUT2D eigenvalue weighted by atomic mass is 10.0. The van der Waals surface area contributed by atoms with Crippen molar-refractivity contribution in [3.05, 3.63) is 35.4 Å². The Morgan fingerprint density at radius 3 is 2.62 bits per heavy atom. The molecule has 5 nitrogen and oxygen atoms in total. The van der Waals surface area contributed by atoms with Crippen LogP contribution < -0.4 is 5.32 Å². The number of aryl methyl sites for hydroxylation is 1. The Bertz CT molecular complexity index is 794. The highest BCUT2D eigenvalue weighted by molar-refractivity contribution is 5.70. The lowest BCUT2D eigenvalue weighted by Crippen LogP contribution is -2.39. The van der Waals surface area contributed by atoms with Gasteiger partial charge in [0.05, 0.1) is 11.3 Å². The molecule has 1 atom stereocenters. The van der Waals surface area contributed by atoms with Gasteiger partial charge in [0.25, 0.3) is 0 Å². The van der Waals surface area contributed by atoms with E-state index in [-0.39, 0.29) is 11.6 Å². The molecule has 0 saturated carbocycles. The second kappa shape index (κ2) is 7.11. The van der Waals surface area contributed by atoms with Crippen molar-refractivity contribution in [1.82, 2.24) is 15.1 Å². The summed E-state index contributed by atoms with van der Waals surface area (Å²) in [4.78, 5) is 2.25. The molecule has 1 aromatic heterocycles. The Balaban J connectivity index is 1.81. The normalized spacial score (nSPS) is 18.7. The maximum atomic E-state index is 12.7. The molecule has 0 unspecified atom stereocenters. The summed E-state index contributed by atoms with van der Waals surface area (Å²) >= 11 is 0. The number of nitrogens with one attached hydrogen (secondary N) is 1. The molecule has 0 radical (unpaired) electrons. The van der Waals surface area contributed by atoms with E-state index in [0.717, 1.165) is 37.6 Å². The third-order valence-corrected chi connectivity index (χ3v) is 4.54. The van der Waals surface area contributed by atoms with Crippen LogP contribution in [0.2, 0.25) is 0 Å². The molecule has 0 spiro atoms. The van der Waals surface area contributed by atoms with Gasteiger partial charge in [0.15, 0.2) is 0 Å². The Kier molecular flexibility index (Phi) is 5.04. The highest BCUT2D eigenvalue weighted by Gasteiger charge is 2.31. The number of nitrogens with zero attached hydrogens (tertiary/aromatic N) is 3. The number of rotatable bonds is 3. The number of benzene rings is 1. The molecule has 1 saturated heterocycles. The predicted octanol–water partition coefficient (Wildman–Crippen LogP) is 3.68. The first-order chi connectivity index (χ1) is 12.2. The topological polar surface area (TPSA) is 61.3 Å². The molecule has 2 aromatic rings. The van der Waals surface area contributed by atoms with Crippen LogP contribution in [0.3, 0.4) is 0 Å². The molecule has 0 bridgehead atoms. The first-order valence-electron chi connectivity index (χ1n) is 8.44. The van der Waals surface area contributed by atoms with E-state index in [9.17, 15) is 18.3 Å². The smallest absolute Gasteiger partial charge is 0.416 e. The molecule has 0 aliphatic carbocycles. The van der Waals surface area contributed by atoms with Gasteiger partial charge in [-0.05, 0) is 63.2 Å². The van der Waals surface area contributed by atoms with E-state index in [0.29, 0.717) is 17.6 Å². The number of phenolic OH excluding ortho intramolecular Hbond substituents is 1. The van der Waals surface area contributed by atoms with Crippen molar-refractivity contribution < 1.29 is 18.3 Å². The van der Waals surface area contributed by atoms with Crippen LogP contribution in [0.25, 0.3) is 11.3 Å². The van der Waals surface area contributed by atoms with E-state index in [1.807, 2.05) is 0 Å². The first kappa shape index (κ1) is 18.4. The zero-order chi connectivity index (χ0) is 18.9. The molecule has 3 rings (SSSR count). The zero-order valence-electron chi connectivity index (χ0n) is 14.6. The molecule has 1 fully saturated rings. The molecular weight excluding hydrogens is 345 g/mol. The maximum Gasteiger partial charge on any atom is 0.416 e. The van der Waals surface area contributed by atoms with Crippen LogP contribution >= 0.6 is 0 Å². The van der Waals surface area contributed by atoms with Crippen LogP contribution in [0.5, 0.6) is 5.75 Å². The van der Waals surface area contributed by atoms with Crippen LogP contribution in [0.1, 0.15) is 24.0 Å². The summed E-state index contributed by atoms with van der Waals surface area (Å²) in [6, 6.07) is 4.94. The fraction of sp³-hybridized carbons (Fsp3) is 0.444. The summed E-state index contributed by atoms with van der Waals surface area (Å²) in [6.45, 7) is 3.79. The quantitative estimate of drug-likeness (QED) is 0.868. The number of anilines is 1. The predicted molar refractivity (Wildman–Crippen MR) is 93.0 cm³/mol. The number of alkyl halides is 3. The van der Waals surface area contributed by atoms with Crippen LogP contribution in [0.15, 0.2) is 24.3 Å². The SMILES string of the molecule is Cc1cc(N[C@H]2CCCN(C)C2)nnc1-c1ccc(C(F)(F)F)cc1O. The second-order valence-electron chi connectivity index (χ2n) is 6.74. The van der Waals surface area contributed by atoms with E-state index in [1.54, 1.807) is 13.0 Å². The van der Waals surface area contributed by atoms with Gasteiger partial charge in [-0.15, -0.1) is 10.2 Å². The van der Waals surface area contributed by atoms with Gasteiger partial charge < -0.3 is 15.3 Å². The first-order valence-corrected chi connectivity index (χ1v) is 8.44. The van der Waals surface area contributed by atoms with E-state index in [1.165, 1.54) is 6.07 Å². The summed E-state index contributed by atoms with van der Waals surface area (Å²) in [6.07, 6.45) is -2.34. The lowest BCUT2D eigenvalue weighted by Gasteiger charge is -2.30. The van der Waals surface area contributed by atoms with Crippen molar-refractivity contribution in [2.75, 3.05) is 25.5 Å². The van der Waals surface area contributed by atoms with E-state index >= 15 is 0 Å². The highest BCUT2D eigenvalue weighted by atomic mass is 19.4. The van der Waals surface area contributed by atoms with Crippen molar-refractivity contribution in [1.29, 1.82) is 0 Å². The monoisotopic (exact) mass is 366 g/mol. The van der Waals surface area contributed by atoms with E-state index < -0.39 is 17.5 Å². The van der Waals surface area contributed by atoms with Gasteiger partial charge in [-0.1, -0.05) is 0 Å². The van der Waals surface area contributed by atoms with Gasteiger partial charge >= 0.3 is 6.18 Å². The molecule has 1 aromatic carbocycles. The average Bonchev–Trinajstić information content (AvgIpc) is 2.55. The summed E-state index contributed by atoms with van der Waals surface area (Å²) in [5, 5.41) is 21.6. The van der Waals surface area contributed by atoms with Crippen LogP contribution in [0, 0.1) is 6.92 Å². The largest absolute Gasteiger partial charge is 0.507 e. The third kappa shape index (κ3) is 4.07. The molecule has 0 amide bonds. The van der Waals surface area contributed by atoms with Crippen LogP contribution in [0.4, 0.5) is 19.0 Å². The van der Waals surface area contributed by atoms with Crippen LogP contribution in [-0.2, 0) is 6.18 Å². The fourth-order valence-corrected chi connectivity index (χ4v) is 3.22. The summed E-state index contributed by atoms with van der Waals surface area (Å²) < 4.78 is 38.2. The Labute approximate surface area is 149 Å². The number of hydrogen-bond acceptors (Lipinski definition) is 5. The molecule has 2 heterocycles. The number of aromatic hydroxyl groups is 1. The number of piperidine rings is 1. The Morgan fingerprint density at radius 2 is 2.00 bits per heavy atom. The minimum Gasteiger partial charge on any atom is -0.507 e. The number of likely N-dealkylation sites (N-methyl/N-ethyl adjacent to an activating group) is 1. The summed E-state index contributed by atoms with van der Waals surface area (Å²) in [5.74, 6) is 0.157. The number of hydrogen-bond donors (Lipinski definition) is 2. The number of phenols is 1. The second-order valence-corrected chi connectivity index (χ2v) is 6.74. The van der Waals surface area contributed by atoms with Crippen molar-refractivity contribution in [2.24, 2.45) is 0 Å². The van der Waals surface area contributed by atoms with E-state index in [2.05, 4.69) is 27.5 Å². The fourth-order valence-electron chi connectivity index (χ4n) is 3.22. The van der Waals surface area contributed by atoms with Gasteiger partial charge in [0.2, 0.25) is 0 Å². The van der Waals surface area contributed by atoms with Crippen molar-refractivity contribution >= 4 is 5.82 Å². The maximum absolute atomic E-state index is 12.7. The van der Waals surface area contributed by atoms with Gasteiger partial charge in [0.1, 0.15) is 11.6 Å². The number of aromatic nitrogens is 2. The molecule has 26 heavy (non-hydrogen) atoms. The molecule has 1 aliphatic heterocycles. The van der Waals surface area contributed by atoms with E-state index in [4.69, 9.17) is 0 Å². The minimum atomic E-state index is -4.50. The molecule has 1 aliphatic rings. The zero-order valence-corrected chi connectivity index (χ0v) is 14.6. The van der Waals surface area contributed by atoms with Gasteiger partial charge in [-0.3, -0.25) is 0 Å². The van der Waals surface area contributed by atoms with Crippen LogP contribution in [-0.4, -0.2) is 46.4 Å². The van der Waals surface area contributed by atoms with Crippen molar-refractivity contribution in [3.8, 4) is 17.0 Å². The number of halogens is 3. The summed E-state index contributed by atoms with van der Waals surface area (Å²) in [5.41, 5.74) is 0.417. The Morgan fingerprint density at radius 1 is 1.23 bits per heavy atom. The summed E-state index contributed by atoms with van der Waals surface area (Å²) in [7, 11) is 2.07. The van der Waals surface area contributed by atoms with Crippen molar-refractivity contribution in [3.63, 3.8) is 0 Å². The average molecular weight is 366 g/mol. The lowest BCUT2D eigenvalue weighted by molar-refractivity contribution is -0.137. The minimum absolute atomic E-state index is 0.229. The van der Waals surface area contributed by atoms with Gasteiger partial charge in [-0.25, -0.2) is 0 Å². The van der Waals surface area contributed by atoms with Crippen molar-refractivity contribution in [2.45, 2.75) is 32.0 Å². The Hall–Kier alpha value is -2.35.